The van der Waals surface area contributed by atoms with Gasteiger partial charge in [0.2, 0.25) is 0 Å². The van der Waals surface area contributed by atoms with Crippen LogP contribution >= 0.6 is 0 Å². The van der Waals surface area contributed by atoms with Crippen molar-refractivity contribution in [2.24, 2.45) is 40.5 Å². The van der Waals surface area contributed by atoms with Gasteiger partial charge in [-0.2, -0.15) is 28.8 Å². The maximum Gasteiger partial charge on any atom is 0.373 e. The van der Waals surface area contributed by atoms with E-state index < -0.39 is 11.1 Å². The number of H-pyrrole nitrogens is 1. The van der Waals surface area contributed by atoms with Gasteiger partial charge in [-0.3, -0.25) is 24.5 Å². The SMILES string of the molecule is C/C=C(/C)[C@H]1C[C@@H]2N(CC[C@]23Nc2cccc(C)c2C3=O)C[C@H]1CC.C/C=C(/C)[C@H]1C[C@H]2c3[nH]c4cccc(OC)c4c3CCN2C[C@H]1CC.CC[C@@H]1CN2CC[C@@]3(O)C(=Nc4cccc(C)c43)[C@@H]2C[C@@H]1/C(C)=C\OC.O=C=O.O=C=O.O=C=O. The van der Waals surface area contributed by atoms with Crippen LogP contribution in [0.2, 0.25) is 0 Å². The highest BCUT2D eigenvalue weighted by atomic mass is 16.5. The number of nitrogens with zero attached hydrogens (tertiary/aromatic N) is 4. The van der Waals surface area contributed by atoms with Crippen molar-refractivity contribution in [3.63, 3.8) is 0 Å². The molecule has 8 aliphatic rings. The molecule has 85 heavy (non-hydrogen) atoms. The molecule has 9 heterocycles. The molecule has 8 aliphatic heterocycles. The standard InChI is InChI=1S/C22H30N2O2.2C22H30N2O.3CO2/c1-5-16-12-24-10-9-22(25)20-14(2)7-6-8-18(20)23-21(22)19(24)11-17(16)15(3)13-26-4;1-5-14(3)17-12-19-22-16(10-11-24(19)13-15(17)6-2)21-18(23-22)8-7-9-20(21)25-4;1-5-14(3)17-12-19-22(10-11-24(19)13-16(17)6-2)21(25)20-15(4)8-7-9-18(20)23-22;3*2-1-3/h6-8,13,16-17,19,25H,5,9-12H2,1-4H3;5,7-9,15,17,19,23H,6,10-13H2,1-4H3;5,7-9,16-17,19,23H,6,10-13H2,1-4H3;;;/b15-13-;2*14-5-;;;/t16-,17-,19+,22+;15-,17-,19+;16-,17-,19+,22+;;;/m111.../s1. The zero-order valence-corrected chi connectivity index (χ0v) is 52.1. The van der Waals surface area contributed by atoms with Crippen LogP contribution in [0.25, 0.3) is 10.9 Å². The Balaban J connectivity index is 0.000000170. The number of allylic oxidation sites excluding steroid dienone is 5. The van der Waals surface area contributed by atoms with E-state index in [0.29, 0.717) is 47.5 Å². The number of carbonyl (C=O) groups excluding carboxylic acids is 7. The summed E-state index contributed by atoms with van der Waals surface area (Å²) in [6, 6.07) is 19.8. The maximum atomic E-state index is 13.5. The number of aryl methyl sites for hydroxylation is 2. The molecule has 3 aromatic carbocycles. The number of ether oxygens (including phenoxy) is 2. The van der Waals surface area contributed by atoms with E-state index in [9.17, 15) is 9.90 Å². The van der Waals surface area contributed by atoms with Gasteiger partial charge in [0.05, 0.1) is 44.0 Å². The number of hydrogen-bond acceptors (Lipinski definition) is 15. The molecule has 1 spiro atoms. The Bertz CT molecular complexity index is 3220. The summed E-state index contributed by atoms with van der Waals surface area (Å²) in [4.78, 5) is 78.8. The van der Waals surface area contributed by atoms with Crippen molar-refractivity contribution in [1.82, 2.24) is 19.7 Å². The fraction of sp³-hybridized carbons (Fsp3) is 0.551. The van der Waals surface area contributed by atoms with Crippen molar-refractivity contribution in [2.45, 2.75) is 156 Å². The van der Waals surface area contributed by atoms with Gasteiger partial charge in [-0.15, -0.1) is 0 Å². The van der Waals surface area contributed by atoms with E-state index in [1.807, 2.05) is 18.4 Å². The van der Waals surface area contributed by atoms with Crippen LogP contribution in [0.5, 0.6) is 5.75 Å². The third-order valence-electron chi connectivity index (χ3n) is 20.6. The number of piperidine rings is 4. The molecular weight excluding hydrogens is 1070 g/mol. The first-order chi connectivity index (χ1) is 40.9. The smallest absolute Gasteiger partial charge is 0.373 e. The molecule has 0 unspecified atom stereocenters. The minimum atomic E-state index is -0.885. The molecule has 0 radical (unpaired) electrons. The van der Waals surface area contributed by atoms with E-state index in [4.69, 9.17) is 43.2 Å². The Morgan fingerprint density at radius 2 is 1.25 bits per heavy atom. The number of aliphatic imine (C=N–C) groups is 1. The number of methoxy groups -OCH3 is 2. The van der Waals surface area contributed by atoms with E-state index in [1.54, 1.807) is 19.8 Å². The number of rotatable bonds is 8. The average Bonchev–Trinajstić information content (AvgIpc) is 1.78. The maximum absolute atomic E-state index is 13.5. The topological polar surface area (TPSA) is 208 Å². The predicted octanol–water partition coefficient (Wildman–Crippen LogP) is 11.7. The van der Waals surface area contributed by atoms with Crippen molar-refractivity contribution < 1.29 is 48.1 Å². The Kier molecular flexibility index (Phi) is 22.4. The molecule has 0 amide bonds. The number of hydrogen-bond donors (Lipinski definition) is 3. The number of anilines is 1. The number of aliphatic hydroxyl groups is 1. The van der Waals surface area contributed by atoms with Crippen LogP contribution in [-0.2, 0) is 45.5 Å². The van der Waals surface area contributed by atoms with E-state index in [-0.39, 0.29) is 24.5 Å². The van der Waals surface area contributed by atoms with Crippen LogP contribution in [0, 0.1) is 49.4 Å². The zero-order valence-electron chi connectivity index (χ0n) is 52.1. The van der Waals surface area contributed by atoms with Gasteiger partial charge in [0.1, 0.15) is 16.9 Å². The summed E-state index contributed by atoms with van der Waals surface area (Å²) in [6.45, 7) is 28.8. The number of carbonyl (C=O) groups is 1. The first-order valence-electron chi connectivity index (χ1n) is 30.6. The van der Waals surface area contributed by atoms with Gasteiger partial charge in [0, 0.05) is 78.7 Å². The van der Waals surface area contributed by atoms with Crippen molar-refractivity contribution in [3.05, 3.63) is 123 Å². The molecule has 456 valence electrons. The third kappa shape index (κ3) is 12.8. The summed E-state index contributed by atoms with van der Waals surface area (Å²) in [6.07, 6.45) is 17.0. The second-order valence-corrected chi connectivity index (χ2v) is 24.4. The largest absolute Gasteiger partial charge is 0.504 e. The first kappa shape index (κ1) is 65.7. The van der Waals surface area contributed by atoms with Gasteiger partial charge >= 0.3 is 18.5 Å². The molecule has 11 atom stereocenters. The van der Waals surface area contributed by atoms with Crippen LogP contribution in [0.3, 0.4) is 0 Å². The molecule has 5 saturated heterocycles. The highest BCUT2D eigenvalue weighted by Crippen LogP contribution is 2.52. The third-order valence-corrected chi connectivity index (χ3v) is 20.6. The van der Waals surface area contributed by atoms with Crippen LogP contribution in [0.4, 0.5) is 11.4 Å². The number of nitrogens with one attached hydrogen (secondary N) is 2. The van der Waals surface area contributed by atoms with E-state index in [2.05, 4.69) is 149 Å². The first-order valence-corrected chi connectivity index (χ1v) is 30.6. The molecule has 16 heteroatoms. The Hall–Kier alpha value is -6.86. The van der Waals surface area contributed by atoms with Gasteiger partial charge in [0.15, 0.2) is 5.78 Å². The molecule has 5 fully saturated rings. The fourth-order valence-corrected chi connectivity index (χ4v) is 16.2. The number of benzene rings is 3. The van der Waals surface area contributed by atoms with Crippen molar-refractivity contribution in [1.29, 1.82) is 0 Å². The van der Waals surface area contributed by atoms with Crippen LogP contribution in [0.15, 0.2) is 94.7 Å². The lowest BCUT2D eigenvalue weighted by atomic mass is 9.70. The Labute approximate surface area is 502 Å². The fourth-order valence-electron chi connectivity index (χ4n) is 16.2. The lowest BCUT2D eigenvalue weighted by molar-refractivity contribution is -0.193. The molecule has 0 bridgehead atoms. The average molecular weight is 1160 g/mol. The Morgan fingerprint density at radius 3 is 1.84 bits per heavy atom. The second kappa shape index (κ2) is 29.0. The molecule has 4 aromatic rings. The molecular formula is C69H90N6O10. The van der Waals surface area contributed by atoms with Gasteiger partial charge in [0.25, 0.3) is 0 Å². The monoisotopic (exact) mass is 1160 g/mol. The van der Waals surface area contributed by atoms with Crippen molar-refractivity contribution in [2.75, 3.05) is 58.8 Å². The lowest BCUT2D eigenvalue weighted by Gasteiger charge is -2.50. The van der Waals surface area contributed by atoms with Gasteiger partial charge in [-0.1, -0.05) is 93.7 Å². The molecule has 16 nitrogen and oxygen atoms in total. The second-order valence-electron chi connectivity index (χ2n) is 24.4. The van der Waals surface area contributed by atoms with Gasteiger partial charge in [-0.25, -0.2) is 0 Å². The molecule has 1 aromatic heterocycles. The summed E-state index contributed by atoms with van der Waals surface area (Å²) in [7, 11) is 3.50. The number of ketones is 1. The summed E-state index contributed by atoms with van der Waals surface area (Å²) in [5.74, 6) is 5.26. The number of aromatic amines is 1. The Morgan fingerprint density at radius 1 is 0.706 bits per heavy atom. The summed E-state index contributed by atoms with van der Waals surface area (Å²) >= 11 is 0. The van der Waals surface area contributed by atoms with Crippen LogP contribution in [-0.4, -0.2) is 126 Å². The minimum Gasteiger partial charge on any atom is -0.504 e. The predicted molar refractivity (Wildman–Crippen MR) is 327 cm³/mol. The van der Waals surface area contributed by atoms with Crippen molar-refractivity contribution >= 4 is 52.2 Å². The van der Waals surface area contributed by atoms with Crippen molar-refractivity contribution in [3.8, 4) is 5.75 Å². The highest BCUT2D eigenvalue weighted by molar-refractivity contribution is 6.15. The number of aromatic nitrogens is 1. The van der Waals surface area contributed by atoms with Gasteiger partial charge in [-0.05, 0) is 169 Å². The molecule has 0 aliphatic carbocycles. The van der Waals surface area contributed by atoms with E-state index in [1.165, 1.54) is 72.1 Å². The molecule has 0 saturated carbocycles. The summed E-state index contributed by atoms with van der Waals surface area (Å²) in [5, 5.41) is 16.6. The molecule has 3 N–H and O–H groups in total. The van der Waals surface area contributed by atoms with E-state index in [0.717, 1.165) is 109 Å². The minimum absolute atomic E-state index is 0.216. The molecule has 12 rings (SSSR count). The van der Waals surface area contributed by atoms with E-state index >= 15 is 0 Å². The van der Waals surface area contributed by atoms with Crippen LogP contribution < -0.4 is 10.1 Å². The highest BCUT2D eigenvalue weighted by Gasteiger charge is 2.59. The summed E-state index contributed by atoms with van der Waals surface area (Å²) in [5.41, 5.74) is 14.4. The summed E-state index contributed by atoms with van der Waals surface area (Å²) < 4.78 is 11.0. The zero-order chi connectivity index (χ0) is 61.9. The quantitative estimate of drug-likeness (QED) is 0.111. The number of Topliss-reactive ketones (excluding diaryl/α,β-unsaturated/α-hetero) is 1. The number of fused-ring (bicyclic) bond motifs is 13. The normalized spacial score (nSPS) is 29.0. The van der Waals surface area contributed by atoms with Crippen LogP contribution in [0.1, 0.15) is 151 Å². The van der Waals surface area contributed by atoms with Gasteiger partial charge < -0.3 is 24.9 Å². The lowest BCUT2D eigenvalue weighted by Crippen LogP contribution is -2.60.